The van der Waals surface area contributed by atoms with Crippen LogP contribution < -0.4 is 0 Å². The summed E-state index contributed by atoms with van der Waals surface area (Å²) in [6, 6.07) is 21.8. The van der Waals surface area contributed by atoms with Gasteiger partial charge in [-0.2, -0.15) is 5.10 Å². The molecule has 2 aromatic rings. The van der Waals surface area contributed by atoms with Gasteiger partial charge in [-0.15, -0.1) is 0 Å². The first-order chi connectivity index (χ1) is 12.3. The second-order valence-electron chi connectivity index (χ2n) is 6.73. The summed E-state index contributed by atoms with van der Waals surface area (Å²) in [5, 5.41) is 7.31. The van der Waals surface area contributed by atoms with Crippen LogP contribution in [-0.4, -0.2) is 37.0 Å². The van der Waals surface area contributed by atoms with Gasteiger partial charge in [0.25, 0.3) is 0 Å². The molecule has 3 rings (SSSR count). The zero-order valence-electron chi connectivity index (χ0n) is 15.1. The van der Waals surface area contributed by atoms with Crippen molar-refractivity contribution in [1.82, 2.24) is 5.01 Å². The van der Waals surface area contributed by atoms with Crippen molar-refractivity contribution in [3.8, 4) is 0 Å². The summed E-state index contributed by atoms with van der Waals surface area (Å²) in [6.45, 7) is 1.80. The molecule has 0 aliphatic carbocycles. The smallest absolute Gasteiger partial charge is 0.0704 e. The number of methoxy groups -OCH3 is 1. The topological polar surface area (TPSA) is 24.8 Å². The molecule has 0 amide bonds. The van der Waals surface area contributed by atoms with Gasteiger partial charge < -0.3 is 4.74 Å². The summed E-state index contributed by atoms with van der Waals surface area (Å²) in [6.07, 6.45) is 5.33. The summed E-state index contributed by atoms with van der Waals surface area (Å²) in [5.74, 6) is 0. The maximum absolute atomic E-state index is 5.37. The van der Waals surface area contributed by atoms with Crippen molar-refractivity contribution in [2.75, 3.05) is 20.3 Å². The number of hydrazone groups is 1. The number of hydrogen-bond donors (Lipinski definition) is 0. The Morgan fingerprint density at radius 2 is 1.72 bits per heavy atom. The lowest BCUT2D eigenvalue weighted by atomic mass is 10.0. The average molecular weight is 336 g/mol. The predicted octanol–water partition coefficient (Wildman–Crippen LogP) is 4.33. The average Bonchev–Trinajstić information content (AvgIpc) is 3.09. The van der Waals surface area contributed by atoms with Gasteiger partial charge in [0.05, 0.1) is 12.6 Å². The fourth-order valence-corrected chi connectivity index (χ4v) is 3.43. The Hall–Kier alpha value is -2.13. The predicted molar refractivity (Wildman–Crippen MR) is 104 cm³/mol. The summed E-state index contributed by atoms with van der Waals surface area (Å²) in [5.41, 5.74) is 3.97. The molecule has 0 N–H and O–H groups in total. The van der Waals surface area contributed by atoms with E-state index < -0.39 is 0 Å². The van der Waals surface area contributed by atoms with Crippen LogP contribution in [0.15, 0.2) is 65.8 Å². The van der Waals surface area contributed by atoms with Crippen LogP contribution in [0.1, 0.15) is 30.4 Å². The molecule has 1 atom stereocenters. The molecule has 0 spiro atoms. The van der Waals surface area contributed by atoms with E-state index in [1.165, 1.54) is 29.7 Å². The number of hydrogen-bond acceptors (Lipinski definition) is 3. The summed E-state index contributed by atoms with van der Waals surface area (Å²) in [4.78, 5) is 0. The molecule has 2 aromatic carbocycles. The highest BCUT2D eigenvalue weighted by molar-refractivity contribution is 5.86. The number of benzene rings is 2. The Balaban J connectivity index is 1.72. The minimum Gasteiger partial charge on any atom is -0.382 e. The molecule has 132 valence electrons. The van der Waals surface area contributed by atoms with Crippen LogP contribution in [0.4, 0.5) is 0 Å². The first kappa shape index (κ1) is 17.7. The lowest BCUT2D eigenvalue weighted by molar-refractivity contribution is 0.117. The Labute approximate surface area is 151 Å². The van der Waals surface area contributed by atoms with E-state index in [9.17, 15) is 0 Å². The van der Waals surface area contributed by atoms with Gasteiger partial charge >= 0.3 is 0 Å². The third kappa shape index (κ3) is 5.43. The van der Waals surface area contributed by atoms with Gasteiger partial charge in [0, 0.05) is 25.8 Å². The van der Waals surface area contributed by atoms with Crippen LogP contribution in [-0.2, 0) is 17.6 Å². The van der Waals surface area contributed by atoms with Crippen molar-refractivity contribution in [2.45, 2.75) is 38.1 Å². The molecular weight excluding hydrogens is 308 g/mol. The Bertz CT molecular complexity index is 654. The molecule has 1 heterocycles. The number of nitrogens with zero attached hydrogens (tertiary/aromatic N) is 2. The van der Waals surface area contributed by atoms with E-state index >= 15 is 0 Å². The van der Waals surface area contributed by atoms with E-state index in [4.69, 9.17) is 9.84 Å². The van der Waals surface area contributed by atoms with Gasteiger partial charge in [-0.25, -0.2) is 0 Å². The Kier molecular flexibility index (Phi) is 6.63. The SMILES string of the molecule is COC[C@@H]1CCCN1/N=C(/CCc1ccccc1)Cc1ccccc1. The number of rotatable bonds is 8. The third-order valence-electron chi connectivity index (χ3n) is 4.77. The van der Waals surface area contributed by atoms with Crippen molar-refractivity contribution >= 4 is 5.71 Å². The van der Waals surface area contributed by atoms with Gasteiger partial charge in [0.1, 0.15) is 0 Å². The van der Waals surface area contributed by atoms with Crippen LogP contribution in [0.2, 0.25) is 0 Å². The van der Waals surface area contributed by atoms with E-state index in [-0.39, 0.29) is 0 Å². The monoisotopic (exact) mass is 336 g/mol. The van der Waals surface area contributed by atoms with Crippen molar-refractivity contribution in [3.63, 3.8) is 0 Å². The molecule has 3 heteroatoms. The van der Waals surface area contributed by atoms with Crippen molar-refractivity contribution in [3.05, 3.63) is 71.8 Å². The fraction of sp³-hybridized carbons (Fsp3) is 0.409. The molecule has 0 radical (unpaired) electrons. The second-order valence-corrected chi connectivity index (χ2v) is 6.73. The largest absolute Gasteiger partial charge is 0.382 e. The van der Waals surface area contributed by atoms with E-state index in [0.29, 0.717) is 6.04 Å². The maximum atomic E-state index is 5.37. The van der Waals surface area contributed by atoms with Crippen LogP contribution in [0.3, 0.4) is 0 Å². The Morgan fingerprint density at radius 1 is 1.04 bits per heavy atom. The molecule has 3 nitrogen and oxygen atoms in total. The van der Waals surface area contributed by atoms with Crippen LogP contribution >= 0.6 is 0 Å². The van der Waals surface area contributed by atoms with E-state index in [1.54, 1.807) is 7.11 Å². The number of ether oxygens (including phenoxy) is 1. The first-order valence-corrected chi connectivity index (χ1v) is 9.25. The van der Waals surface area contributed by atoms with Crippen LogP contribution in [0.5, 0.6) is 0 Å². The Morgan fingerprint density at radius 3 is 2.40 bits per heavy atom. The molecule has 1 saturated heterocycles. The maximum Gasteiger partial charge on any atom is 0.0704 e. The van der Waals surface area contributed by atoms with E-state index in [1.807, 2.05) is 0 Å². The normalized spacial score (nSPS) is 17.9. The molecular formula is C22H28N2O. The van der Waals surface area contributed by atoms with Crippen molar-refractivity contribution in [2.24, 2.45) is 5.10 Å². The second kappa shape index (κ2) is 9.38. The van der Waals surface area contributed by atoms with E-state index in [2.05, 4.69) is 65.7 Å². The minimum absolute atomic E-state index is 0.424. The molecule has 0 bridgehead atoms. The highest BCUT2D eigenvalue weighted by Crippen LogP contribution is 2.19. The van der Waals surface area contributed by atoms with Gasteiger partial charge in [0.15, 0.2) is 0 Å². The first-order valence-electron chi connectivity index (χ1n) is 9.25. The highest BCUT2D eigenvalue weighted by atomic mass is 16.5. The quantitative estimate of drug-likeness (QED) is 0.670. The molecule has 0 saturated carbocycles. The highest BCUT2D eigenvalue weighted by Gasteiger charge is 2.23. The van der Waals surface area contributed by atoms with Gasteiger partial charge in [-0.1, -0.05) is 60.7 Å². The number of aryl methyl sites for hydroxylation is 1. The summed E-state index contributed by atoms with van der Waals surface area (Å²) < 4.78 is 5.37. The van der Waals surface area contributed by atoms with Crippen molar-refractivity contribution < 1.29 is 4.74 Å². The standard InChI is InChI=1S/C22H28N2O/c1-25-18-22-13-8-16-24(22)23-21(17-20-11-6-3-7-12-20)15-14-19-9-4-2-5-10-19/h2-7,9-12,22H,8,13-18H2,1H3/b23-21-/t22-/m0/s1. The fourth-order valence-electron chi connectivity index (χ4n) is 3.43. The minimum atomic E-state index is 0.424. The lowest BCUT2D eigenvalue weighted by Gasteiger charge is -2.22. The summed E-state index contributed by atoms with van der Waals surface area (Å²) in [7, 11) is 1.78. The zero-order valence-corrected chi connectivity index (χ0v) is 15.1. The van der Waals surface area contributed by atoms with Crippen molar-refractivity contribution in [1.29, 1.82) is 0 Å². The lowest BCUT2D eigenvalue weighted by Crippen LogP contribution is -2.30. The van der Waals surface area contributed by atoms with Gasteiger partial charge in [0.2, 0.25) is 0 Å². The molecule has 1 fully saturated rings. The molecule has 0 unspecified atom stereocenters. The molecule has 1 aliphatic rings. The summed E-state index contributed by atoms with van der Waals surface area (Å²) >= 11 is 0. The molecule has 1 aliphatic heterocycles. The van der Waals surface area contributed by atoms with Gasteiger partial charge in [-0.05, 0) is 36.8 Å². The molecule has 0 aromatic heterocycles. The van der Waals surface area contributed by atoms with Crippen LogP contribution in [0, 0.1) is 0 Å². The van der Waals surface area contributed by atoms with E-state index in [0.717, 1.165) is 32.4 Å². The van der Waals surface area contributed by atoms with Crippen LogP contribution in [0.25, 0.3) is 0 Å². The third-order valence-corrected chi connectivity index (χ3v) is 4.77. The zero-order chi connectivity index (χ0) is 17.3. The molecule has 25 heavy (non-hydrogen) atoms. The van der Waals surface area contributed by atoms with Gasteiger partial charge in [-0.3, -0.25) is 5.01 Å².